The number of halogens is 1. The molecule has 5 nitrogen and oxygen atoms in total. The van der Waals surface area contributed by atoms with E-state index in [-0.39, 0.29) is 0 Å². The van der Waals surface area contributed by atoms with Crippen molar-refractivity contribution < 1.29 is 4.90 Å². The molecule has 2 N–H and O–H groups in total. The van der Waals surface area contributed by atoms with Gasteiger partial charge in [0.05, 0.1) is 20.6 Å². The summed E-state index contributed by atoms with van der Waals surface area (Å²) in [4.78, 5) is 9.34. The predicted octanol–water partition coefficient (Wildman–Crippen LogP) is 1.90. The number of hydrogen-bond acceptors (Lipinski definition) is 4. The second-order valence-electron chi connectivity index (χ2n) is 5.27. The normalized spacial score (nSPS) is 11.8. The average Bonchev–Trinajstić information content (AvgIpc) is 2.80. The van der Waals surface area contributed by atoms with E-state index in [0.29, 0.717) is 0 Å². The van der Waals surface area contributed by atoms with Gasteiger partial charge in [0.1, 0.15) is 5.52 Å². The molecule has 2 heterocycles. The van der Waals surface area contributed by atoms with Crippen LogP contribution < -0.4 is 4.90 Å². The first-order chi connectivity index (χ1) is 10.1. The maximum absolute atomic E-state index is 4.57. The molecule has 3 rings (SSSR count). The van der Waals surface area contributed by atoms with E-state index >= 15 is 0 Å². The van der Waals surface area contributed by atoms with E-state index in [0.717, 1.165) is 50.4 Å². The van der Waals surface area contributed by atoms with Crippen molar-refractivity contribution in [3.8, 4) is 0 Å². The van der Waals surface area contributed by atoms with Crippen LogP contribution in [-0.2, 0) is 0 Å². The zero-order valence-corrected chi connectivity index (χ0v) is 14.4. The quantitative estimate of drug-likeness (QED) is 0.534. The number of rotatable bonds is 5. The van der Waals surface area contributed by atoms with E-state index < -0.39 is 0 Å². The van der Waals surface area contributed by atoms with E-state index in [2.05, 4.69) is 50.2 Å². The van der Waals surface area contributed by atoms with Gasteiger partial charge in [-0.15, -0.1) is 10.2 Å². The third-order valence-corrected chi connectivity index (χ3v) is 4.63. The molecule has 1 aromatic carbocycles. The minimum absolute atomic E-state index is 0.738. The molecule has 0 aliphatic carbocycles. The summed E-state index contributed by atoms with van der Waals surface area (Å²) in [7, 11) is 4.33. The lowest BCUT2D eigenvalue weighted by atomic mass is 10.2. The van der Waals surface area contributed by atoms with E-state index in [4.69, 9.17) is 0 Å². The number of nitrogens with one attached hydrogen (secondary N) is 2. The Morgan fingerprint density at radius 3 is 2.95 bits per heavy atom. The first-order valence-corrected chi connectivity index (χ1v) is 8.65. The predicted molar refractivity (Wildman–Crippen MR) is 89.9 cm³/mol. The molecule has 0 aliphatic rings. The van der Waals surface area contributed by atoms with Crippen LogP contribution in [0, 0.1) is 0 Å². The SMILES string of the molecule is C[NH+](C)CCCSc1nnc2c(n1)[nH]c1ccc(Br)cc12. The lowest BCUT2D eigenvalue weighted by Crippen LogP contribution is -3.05. The minimum atomic E-state index is 0.738. The van der Waals surface area contributed by atoms with Crippen LogP contribution in [0.2, 0.25) is 0 Å². The Kier molecular flexibility index (Phi) is 4.42. The van der Waals surface area contributed by atoms with E-state index in [9.17, 15) is 0 Å². The molecule has 0 bridgehead atoms. The number of hydrogen-bond donors (Lipinski definition) is 2. The number of thioether (sulfide) groups is 1. The van der Waals surface area contributed by atoms with Gasteiger partial charge in [-0.1, -0.05) is 27.7 Å². The first kappa shape index (κ1) is 14.7. The highest BCUT2D eigenvalue weighted by Crippen LogP contribution is 2.26. The van der Waals surface area contributed by atoms with Crippen molar-refractivity contribution in [3.05, 3.63) is 22.7 Å². The van der Waals surface area contributed by atoms with E-state index in [1.54, 1.807) is 11.8 Å². The highest BCUT2D eigenvalue weighted by Gasteiger charge is 2.09. The zero-order valence-electron chi connectivity index (χ0n) is 12.0. The summed E-state index contributed by atoms with van der Waals surface area (Å²) < 4.78 is 1.03. The van der Waals surface area contributed by atoms with Crippen LogP contribution >= 0.6 is 27.7 Å². The molecule has 0 spiro atoms. The first-order valence-electron chi connectivity index (χ1n) is 6.87. The van der Waals surface area contributed by atoms with Gasteiger partial charge >= 0.3 is 0 Å². The van der Waals surface area contributed by atoms with Gasteiger partial charge in [0.15, 0.2) is 5.65 Å². The molecule has 110 valence electrons. The van der Waals surface area contributed by atoms with Gasteiger partial charge in [0.2, 0.25) is 5.16 Å². The number of aromatic amines is 1. The third-order valence-electron chi connectivity index (χ3n) is 3.21. The Bertz CT molecular complexity index is 770. The molecule has 0 aliphatic heterocycles. The van der Waals surface area contributed by atoms with E-state index in [1.165, 1.54) is 4.90 Å². The fourth-order valence-corrected chi connectivity index (χ4v) is 3.27. The number of aromatic nitrogens is 4. The van der Waals surface area contributed by atoms with Crippen LogP contribution in [0.25, 0.3) is 22.1 Å². The molecule has 0 saturated heterocycles. The highest BCUT2D eigenvalue weighted by atomic mass is 79.9. The number of quaternary nitrogens is 1. The van der Waals surface area contributed by atoms with Crippen molar-refractivity contribution in [1.82, 2.24) is 20.2 Å². The van der Waals surface area contributed by atoms with Crippen molar-refractivity contribution >= 4 is 49.8 Å². The highest BCUT2D eigenvalue weighted by molar-refractivity contribution is 9.10. The topological polar surface area (TPSA) is 58.9 Å². The summed E-state index contributed by atoms with van der Waals surface area (Å²) in [6.45, 7) is 1.16. The van der Waals surface area contributed by atoms with Crippen LogP contribution in [0.3, 0.4) is 0 Å². The second kappa shape index (κ2) is 6.29. The van der Waals surface area contributed by atoms with Crippen molar-refractivity contribution in [2.24, 2.45) is 0 Å². The molecular formula is C14H17BrN5S+. The summed E-state index contributed by atoms with van der Waals surface area (Å²) in [6, 6.07) is 6.07. The van der Waals surface area contributed by atoms with Crippen LogP contribution in [0.15, 0.2) is 27.8 Å². The largest absolute Gasteiger partial charge is 0.340 e. The fraction of sp³-hybridized carbons (Fsp3) is 0.357. The van der Waals surface area contributed by atoms with Gasteiger partial charge in [-0.2, -0.15) is 0 Å². The smallest absolute Gasteiger partial charge is 0.211 e. The Morgan fingerprint density at radius 2 is 2.14 bits per heavy atom. The molecule has 2 aromatic heterocycles. The van der Waals surface area contributed by atoms with E-state index in [1.807, 2.05) is 18.2 Å². The molecule has 0 radical (unpaired) electrons. The van der Waals surface area contributed by atoms with Gasteiger partial charge in [-0.05, 0) is 18.2 Å². The number of H-pyrrole nitrogens is 1. The lowest BCUT2D eigenvalue weighted by molar-refractivity contribution is -0.858. The monoisotopic (exact) mass is 366 g/mol. The Labute approximate surface area is 135 Å². The molecule has 21 heavy (non-hydrogen) atoms. The fourth-order valence-electron chi connectivity index (χ4n) is 2.18. The summed E-state index contributed by atoms with van der Waals surface area (Å²) in [5.74, 6) is 1.02. The Hall–Kier alpha value is -1.18. The number of nitrogens with zero attached hydrogens (tertiary/aromatic N) is 3. The molecule has 0 atom stereocenters. The van der Waals surface area contributed by atoms with Crippen molar-refractivity contribution in [1.29, 1.82) is 0 Å². The van der Waals surface area contributed by atoms with Crippen LogP contribution in [0.5, 0.6) is 0 Å². The van der Waals surface area contributed by atoms with Gasteiger partial charge in [0.25, 0.3) is 0 Å². The van der Waals surface area contributed by atoms with Crippen molar-refractivity contribution in [2.45, 2.75) is 11.6 Å². The molecule has 0 saturated carbocycles. The summed E-state index contributed by atoms with van der Waals surface area (Å²) in [6.07, 6.45) is 1.15. The lowest BCUT2D eigenvalue weighted by Gasteiger charge is -2.05. The zero-order chi connectivity index (χ0) is 14.8. The van der Waals surface area contributed by atoms with Crippen LogP contribution in [-0.4, -0.2) is 46.6 Å². The van der Waals surface area contributed by atoms with Gasteiger partial charge < -0.3 is 9.88 Å². The van der Waals surface area contributed by atoms with Crippen molar-refractivity contribution in [2.75, 3.05) is 26.4 Å². The molecule has 3 aromatic rings. The molecule has 7 heteroatoms. The molecule has 0 amide bonds. The maximum Gasteiger partial charge on any atom is 0.211 e. The van der Waals surface area contributed by atoms with Gasteiger partial charge in [0, 0.05) is 27.5 Å². The average molecular weight is 367 g/mol. The minimum Gasteiger partial charge on any atom is -0.340 e. The summed E-state index contributed by atoms with van der Waals surface area (Å²) in [5.41, 5.74) is 2.67. The third kappa shape index (κ3) is 3.36. The molecular weight excluding hydrogens is 350 g/mol. The van der Waals surface area contributed by atoms with Gasteiger partial charge in [-0.3, -0.25) is 0 Å². The Balaban J connectivity index is 1.82. The Morgan fingerprint density at radius 1 is 1.29 bits per heavy atom. The number of benzene rings is 1. The second-order valence-corrected chi connectivity index (χ2v) is 7.24. The summed E-state index contributed by atoms with van der Waals surface area (Å²) in [5, 5.41) is 10.4. The number of fused-ring (bicyclic) bond motifs is 3. The molecule has 0 unspecified atom stereocenters. The summed E-state index contributed by atoms with van der Waals surface area (Å²) >= 11 is 5.15. The van der Waals surface area contributed by atoms with Crippen LogP contribution in [0.4, 0.5) is 0 Å². The maximum atomic E-state index is 4.57. The van der Waals surface area contributed by atoms with Crippen molar-refractivity contribution in [3.63, 3.8) is 0 Å². The van der Waals surface area contributed by atoms with Crippen LogP contribution in [0.1, 0.15) is 6.42 Å². The molecule has 0 fully saturated rings. The standard InChI is InChI=1S/C14H16BrN5S/c1-20(2)6-3-7-21-14-17-13-12(18-19-14)10-8-9(15)4-5-11(10)16-13/h4-5,8H,3,6-7H2,1-2H3,(H,16,17,19)/p+1. The van der Waals surface area contributed by atoms with Gasteiger partial charge in [-0.25, -0.2) is 4.98 Å².